The van der Waals surface area contributed by atoms with Gasteiger partial charge < -0.3 is 11.1 Å². The highest BCUT2D eigenvalue weighted by Crippen LogP contribution is 2.15. The molecule has 0 aromatic heterocycles. The Balaban J connectivity index is 2.85. The Labute approximate surface area is 54.2 Å². The number of rotatable bonds is 0. The molecule has 1 rings (SSSR count). The molecular weight excluding hydrogens is 114 g/mol. The lowest BCUT2D eigenvalue weighted by molar-refractivity contribution is 0.701. The first-order valence-corrected chi connectivity index (χ1v) is 2.89. The van der Waals surface area contributed by atoms with Crippen molar-refractivity contribution in [1.29, 1.82) is 5.26 Å². The van der Waals surface area contributed by atoms with E-state index in [4.69, 9.17) is 11.0 Å². The fourth-order valence-corrected chi connectivity index (χ4v) is 0.896. The molecule has 0 bridgehead atoms. The molecule has 1 atom stereocenters. The number of nitrogens with one attached hydrogen (secondary N) is 1. The van der Waals surface area contributed by atoms with E-state index in [1.165, 1.54) is 0 Å². The van der Waals surface area contributed by atoms with Crippen LogP contribution in [-0.2, 0) is 0 Å². The highest BCUT2D eigenvalue weighted by molar-refractivity contribution is 5.31. The summed E-state index contributed by atoms with van der Waals surface area (Å²) in [6.07, 6.45) is 0. The maximum absolute atomic E-state index is 8.48. The van der Waals surface area contributed by atoms with Crippen molar-refractivity contribution in [3.8, 4) is 6.07 Å². The molecule has 1 aliphatic rings. The summed E-state index contributed by atoms with van der Waals surface area (Å²) in [6.45, 7) is 2.78. The summed E-state index contributed by atoms with van der Waals surface area (Å²) in [5.41, 5.74) is 6.12. The third-order valence-corrected chi connectivity index (χ3v) is 1.50. The predicted octanol–water partition coefficient (Wildman–Crippen LogP) is -0.0804. The normalized spacial score (nSPS) is 25.6. The van der Waals surface area contributed by atoms with Gasteiger partial charge in [-0.3, -0.25) is 0 Å². The third-order valence-electron chi connectivity index (χ3n) is 1.50. The van der Waals surface area contributed by atoms with Crippen LogP contribution in [0.4, 0.5) is 0 Å². The van der Waals surface area contributed by atoms with Crippen LogP contribution in [0.3, 0.4) is 0 Å². The van der Waals surface area contributed by atoms with Crippen LogP contribution in [0.2, 0.25) is 0 Å². The molecule has 0 spiro atoms. The maximum atomic E-state index is 8.48. The number of nitrogens with two attached hydrogens (primary N) is 1. The molecule has 48 valence electrons. The van der Waals surface area contributed by atoms with Crippen molar-refractivity contribution in [2.45, 2.75) is 6.92 Å². The van der Waals surface area contributed by atoms with Gasteiger partial charge in [0.05, 0.1) is 11.6 Å². The first-order valence-electron chi connectivity index (χ1n) is 2.89. The van der Waals surface area contributed by atoms with Crippen molar-refractivity contribution in [3.05, 3.63) is 11.4 Å². The van der Waals surface area contributed by atoms with E-state index >= 15 is 0 Å². The number of hydrogen-bond acceptors (Lipinski definition) is 3. The highest BCUT2D eigenvalue weighted by Gasteiger charge is 2.18. The number of nitrogens with zero attached hydrogens (tertiary/aromatic N) is 1. The van der Waals surface area contributed by atoms with Gasteiger partial charge in [-0.1, -0.05) is 6.92 Å². The van der Waals surface area contributed by atoms with Crippen molar-refractivity contribution < 1.29 is 0 Å². The van der Waals surface area contributed by atoms with E-state index in [0.29, 0.717) is 11.4 Å². The van der Waals surface area contributed by atoms with Crippen molar-refractivity contribution >= 4 is 0 Å². The Morgan fingerprint density at radius 2 is 2.56 bits per heavy atom. The fourth-order valence-electron chi connectivity index (χ4n) is 0.896. The number of hydrogen-bond donors (Lipinski definition) is 2. The van der Waals surface area contributed by atoms with Gasteiger partial charge in [-0.15, -0.1) is 0 Å². The molecule has 1 heterocycles. The summed E-state index contributed by atoms with van der Waals surface area (Å²) in [6, 6.07) is 2.06. The Morgan fingerprint density at radius 1 is 1.89 bits per heavy atom. The molecule has 0 amide bonds. The molecule has 3 heteroatoms. The maximum Gasteiger partial charge on any atom is 0.110 e. The molecule has 9 heavy (non-hydrogen) atoms. The summed E-state index contributed by atoms with van der Waals surface area (Å²) in [5.74, 6) is 0.833. The molecule has 1 unspecified atom stereocenters. The second kappa shape index (κ2) is 1.98. The smallest absolute Gasteiger partial charge is 0.110 e. The van der Waals surface area contributed by atoms with Crippen LogP contribution in [0.5, 0.6) is 0 Å². The Hall–Kier alpha value is -1.17. The lowest BCUT2D eigenvalue weighted by Gasteiger charge is -1.94. The summed E-state index contributed by atoms with van der Waals surface area (Å²) in [7, 11) is 0. The monoisotopic (exact) mass is 123 g/mol. The van der Waals surface area contributed by atoms with Gasteiger partial charge in [-0.05, 0) is 0 Å². The average molecular weight is 123 g/mol. The second-order valence-corrected chi connectivity index (χ2v) is 2.22. The molecule has 1 aliphatic heterocycles. The Morgan fingerprint density at radius 3 is 2.78 bits per heavy atom. The molecule has 0 saturated heterocycles. The largest absolute Gasteiger partial charge is 0.385 e. The molecule has 0 fully saturated rings. The van der Waals surface area contributed by atoms with E-state index in [9.17, 15) is 0 Å². The second-order valence-electron chi connectivity index (χ2n) is 2.22. The minimum Gasteiger partial charge on any atom is -0.385 e. The SMILES string of the molecule is CC1CNC(N)=C1C#N. The zero-order valence-electron chi connectivity index (χ0n) is 5.31. The van der Waals surface area contributed by atoms with Crippen molar-refractivity contribution in [3.63, 3.8) is 0 Å². The van der Waals surface area contributed by atoms with Crippen LogP contribution < -0.4 is 11.1 Å². The lowest BCUT2D eigenvalue weighted by Crippen LogP contribution is -2.15. The summed E-state index contributed by atoms with van der Waals surface area (Å²) in [4.78, 5) is 0. The molecule has 0 aromatic rings. The summed E-state index contributed by atoms with van der Waals surface area (Å²) >= 11 is 0. The van der Waals surface area contributed by atoms with E-state index in [1.807, 2.05) is 6.92 Å². The van der Waals surface area contributed by atoms with Gasteiger partial charge in [0.1, 0.15) is 5.82 Å². The first kappa shape index (κ1) is 5.96. The van der Waals surface area contributed by atoms with E-state index in [-0.39, 0.29) is 5.92 Å². The molecular formula is C6H9N3. The lowest BCUT2D eigenvalue weighted by atomic mass is 10.1. The molecule has 0 aliphatic carbocycles. The average Bonchev–Trinajstić information content (AvgIpc) is 2.12. The third kappa shape index (κ3) is 0.833. The van der Waals surface area contributed by atoms with E-state index in [2.05, 4.69) is 11.4 Å². The molecule has 3 nitrogen and oxygen atoms in total. The van der Waals surface area contributed by atoms with Crippen LogP contribution in [0.15, 0.2) is 11.4 Å². The van der Waals surface area contributed by atoms with Crippen molar-refractivity contribution in [2.75, 3.05) is 6.54 Å². The van der Waals surface area contributed by atoms with Crippen LogP contribution in [0.1, 0.15) is 6.92 Å². The van der Waals surface area contributed by atoms with Gasteiger partial charge in [0, 0.05) is 12.5 Å². The van der Waals surface area contributed by atoms with E-state index in [0.717, 1.165) is 6.54 Å². The van der Waals surface area contributed by atoms with E-state index in [1.54, 1.807) is 0 Å². The number of nitriles is 1. The van der Waals surface area contributed by atoms with Gasteiger partial charge in [-0.2, -0.15) is 5.26 Å². The summed E-state index contributed by atoms with van der Waals surface area (Å²) in [5, 5.41) is 11.4. The molecule has 0 saturated carbocycles. The quantitative estimate of drug-likeness (QED) is 0.473. The van der Waals surface area contributed by atoms with Gasteiger partial charge in [0.2, 0.25) is 0 Å². The zero-order chi connectivity index (χ0) is 6.85. The van der Waals surface area contributed by atoms with Crippen LogP contribution in [0, 0.1) is 17.2 Å². The van der Waals surface area contributed by atoms with Gasteiger partial charge in [0.15, 0.2) is 0 Å². The van der Waals surface area contributed by atoms with Crippen molar-refractivity contribution in [2.24, 2.45) is 11.7 Å². The van der Waals surface area contributed by atoms with Crippen LogP contribution >= 0.6 is 0 Å². The predicted molar refractivity (Wildman–Crippen MR) is 34.0 cm³/mol. The molecule has 0 aromatic carbocycles. The Bertz CT molecular complexity index is 187. The summed E-state index contributed by atoms with van der Waals surface area (Å²) < 4.78 is 0. The Kier molecular flexibility index (Phi) is 1.31. The zero-order valence-corrected chi connectivity index (χ0v) is 5.31. The van der Waals surface area contributed by atoms with Crippen LogP contribution in [-0.4, -0.2) is 6.54 Å². The van der Waals surface area contributed by atoms with Crippen LogP contribution in [0.25, 0.3) is 0 Å². The first-order chi connectivity index (χ1) is 4.25. The standard InChI is InChI=1S/C6H9N3/c1-4-3-9-6(8)5(4)2-7/h4,9H,3,8H2,1H3. The van der Waals surface area contributed by atoms with Gasteiger partial charge in [-0.25, -0.2) is 0 Å². The molecule has 3 N–H and O–H groups in total. The minimum atomic E-state index is 0.287. The van der Waals surface area contributed by atoms with Gasteiger partial charge >= 0.3 is 0 Å². The fraction of sp³-hybridized carbons (Fsp3) is 0.500. The minimum absolute atomic E-state index is 0.287. The van der Waals surface area contributed by atoms with E-state index < -0.39 is 0 Å². The highest BCUT2D eigenvalue weighted by atomic mass is 15.0. The molecule has 0 radical (unpaired) electrons. The van der Waals surface area contributed by atoms with Crippen molar-refractivity contribution in [1.82, 2.24) is 5.32 Å². The topological polar surface area (TPSA) is 61.8 Å². The van der Waals surface area contributed by atoms with Gasteiger partial charge in [0.25, 0.3) is 0 Å².